The Hall–Kier alpha value is -4.46. The summed E-state index contributed by atoms with van der Waals surface area (Å²) in [5.41, 5.74) is 8.61. The number of esters is 1. The fraction of sp³-hybridized carbons (Fsp3) is 0.194. The van der Waals surface area contributed by atoms with E-state index in [0.717, 1.165) is 33.8 Å². The lowest BCUT2D eigenvalue weighted by Crippen LogP contribution is -2.40. The summed E-state index contributed by atoms with van der Waals surface area (Å²) in [6.07, 6.45) is 1.93. The summed E-state index contributed by atoms with van der Waals surface area (Å²) in [5.74, 6) is -0.513. The van der Waals surface area contributed by atoms with Crippen molar-refractivity contribution in [1.29, 1.82) is 0 Å². The number of ether oxygens (including phenoxy) is 1. The summed E-state index contributed by atoms with van der Waals surface area (Å²) in [7, 11) is 0. The van der Waals surface area contributed by atoms with Gasteiger partial charge in [0.15, 0.2) is 4.80 Å². The van der Waals surface area contributed by atoms with Gasteiger partial charge in [0.2, 0.25) is 0 Å². The number of hydrogen-bond acceptors (Lipinski definition) is 5. The molecule has 3 aromatic carbocycles. The molecule has 3 heterocycles. The van der Waals surface area contributed by atoms with E-state index in [2.05, 4.69) is 56.5 Å². The molecule has 0 N–H and O–H groups in total. The zero-order valence-corrected chi connectivity index (χ0v) is 26.8. The predicted molar refractivity (Wildman–Crippen MR) is 177 cm³/mol. The molecule has 0 aliphatic carbocycles. The van der Waals surface area contributed by atoms with Gasteiger partial charge in [-0.15, -0.1) is 0 Å². The van der Waals surface area contributed by atoms with Gasteiger partial charge < -0.3 is 9.30 Å². The normalized spacial score (nSPS) is 14.9. The van der Waals surface area contributed by atoms with E-state index < -0.39 is 12.0 Å². The Kier molecular flexibility index (Phi) is 8.01. The minimum atomic E-state index is -0.748. The van der Waals surface area contributed by atoms with Crippen LogP contribution in [0.15, 0.2) is 94.2 Å². The maximum Gasteiger partial charge on any atom is 0.338 e. The second kappa shape index (κ2) is 11.9. The van der Waals surface area contributed by atoms with E-state index in [1.807, 2.05) is 48.5 Å². The van der Waals surface area contributed by atoms with E-state index in [9.17, 15) is 9.59 Å². The van der Waals surface area contributed by atoms with Crippen molar-refractivity contribution in [2.24, 2.45) is 4.99 Å². The van der Waals surface area contributed by atoms with Gasteiger partial charge in [-0.25, -0.2) is 9.79 Å². The number of aromatic nitrogens is 2. The van der Waals surface area contributed by atoms with Gasteiger partial charge in [0.1, 0.15) is 0 Å². The predicted octanol–water partition coefficient (Wildman–Crippen LogP) is 6.61. The number of hydrogen-bond donors (Lipinski definition) is 0. The van der Waals surface area contributed by atoms with E-state index in [1.54, 1.807) is 23.6 Å². The molecular formula is C36H32ClN3O3S. The highest BCUT2D eigenvalue weighted by Crippen LogP contribution is 2.35. The van der Waals surface area contributed by atoms with E-state index >= 15 is 0 Å². The Labute approximate surface area is 264 Å². The van der Waals surface area contributed by atoms with Gasteiger partial charge in [0, 0.05) is 27.7 Å². The van der Waals surface area contributed by atoms with Crippen LogP contribution in [-0.4, -0.2) is 21.7 Å². The molecule has 0 unspecified atom stereocenters. The Morgan fingerprint density at radius 1 is 0.977 bits per heavy atom. The molecule has 0 spiro atoms. The largest absolute Gasteiger partial charge is 0.463 e. The molecule has 1 aliphatic heterocycles. The second-order valence-corrected chi connectivity index (χ2v) is 12.4. The van der Waals surface area contributed by atoms with E-state index in [-0.39, 0.29) is 12.2 Å². The fourth-order valence-electron chi connectivity index (χ4n) is 5.95. The summed E-state index contributed by atoms with van der Waals surface area (Å²) in [6.45, 7) is 10.3. The number of carbonyl (C=O) groups excluding carboxylic acids is 1. The molecule has 8 heteroatoms. The zero-order chi connectivity index (χ0) is 31.1. The molecule has 44 heavy (non-hydrogen) atoms. The first kappa shape index (κ1) is 29.6. The van der Waals surface area contributed by atoms with Gasteiger partial charge in [-0.2, -0.15) is 0 Å². The lowest BCUT2D eigenvalue weighted by atomic mass is 9.93. The van der Waals surface area contributed by atoms with Crippen LogP contribution in [0.4, 0.5) is 0 Å². The molecule has 0 saturated heterocycles. The van der Waals surface area contributed by atoms with E-state index in [0.29, 0.717) is 25.6 Å². The summed E-state index contributed by atoms with van der Waals surface area (Å²) < 4.78 is 9.91. The lowest BCUT2D eigenvalue weighted by molar-refractivity contribution is -0.138. The molecule has 5 aromatic rings. The summed E-state index contributed by atoms with van der Waals surface area (Å²) in [6, 6.07) is 24.6. The van der Waals surface area contributed by atoms with Gasteiger partial charge in [0.25, 0.3) is 5.56 Å². The van der Waals surface area contributed by atoms with E-state index in [4.69, 9.17) is 21.3 Å². The van der Waals surface area contributed by atoms with Crippen molar-refractivity contribution >= 4 is 40.7 Å². The van der Waals surface area contributed by atoms with E-state index in [1.165, 1.54) is 22.5 Å². The highest BCUT2D eigenvalue weighted by Gasteiger charge is 2.35. The number of fused-ring (bicyclic) bond motifs is 1. The van der Waals surface area contributed by atoms with Gasteiger partial charge in [0.05, 0.1) is 28.5 Å². The average molecular weight is 622 g/mol. The topological polar surface area (TPSA) is 65.6 Å². The SMILES string of the molecule is CCOC(=O)C1=C(c2ccccc2)N=c2s/c(=C/c3cc(C)n(-c4cc(C)cc(C)c4)c3C)c(=O)n2[C@@H]1c1ccc(Cl)cc1. The van der Waals surface area contributed by atoms with Crippen molar-refractivity contribution in [3.8, 4) is 5.69 Å². The first-order valence-electron chi connectivity index (χ1n) is 14.5. The first-order valence-corrected chi connectivity index (χ1v) is 15.7. The summed E-state index contributed by atoms with van der Waals surface area (Å²) in [4.78, 5) is 33.4. The molecular weight excluding hydrogens is 590 g/mol. The molecule has 0 fully saturated rings. The third-order valence-electron chi connectivity index (χ3n) is 7.78. The van der Waals surface area contributed by atoms with Crippen LogP contribution >= 0.6 is 22.9 Å². The number of halogens is 1. The zero-order valence-electron chi connectivity index (χ0n) is 25.2. The molecule has 0 amide bonds. The minimum Gasteiger partial charge on any atom is -0.463 e. The van der Waals surface area contributed by atoms with Crippen LogP contribution in [0.2, 0.25) is 5.02 Å². The van der Waals surface area contributed by atoms with Crippen molar-refractivity contribution in [2.45, 2.75) is 40.7 Å². The molecule has 222 valence electrons. The lowest BCUT2D eigenvalue weighted by Gasteiger charge is -2.25. The molecule has 0 radical (unpaired) electrons. The first-order chi connectivity index (χ1) is 21.2. The minimum absolute atomic E-state index is 0.193. The number of carbonyl (C=O) groups is 1. The van der Waals surface area contributed by atoms with Crippen LogP contribution < -0.4 is 14.9 Å². The van der Waals surface area contributed by atoms with Crippen molar-refractivity contribution in [1.82, 2.24) is 9.13 Å². The quantitative estimate of drug-likeness (QED) is 0.200. The number of nitrogens with zero attached hydrogens (tertiary/aromatic N) is 3. The van der Waals surface area contributed by atoms with Crippen LogP contribution in [0.3, 0.4) is 0 Å². The number of benzene rings is 3. The third-order valence-corrected chi connectivity index (χ3v) is 9.02. The maximum absolute atomic E-state index is 14.3. The number of aryl methyl sites for hydroxylation is 3. The Morgan fingerprint density at radius 3 is 2.32 bits per heavy atom. The molecule has 6 nitrogen and oxygen atoms in total. The Bertz CT molecular complexity index is 2100. The monoisotopic (exact) mass is 621 g/mol. The molecule has 1 atom stereocenters. The highest BCUT2D eigenvalue weighted by atomic mass is 35.5. The van der Waals surface area contributed by atoms with Crippen molar-refractivity contribution in [2.75, 3.05) is 6.61 Å². The summed E-state index contributed by atoms with van der Waals surface area (Å²) >= 11 is 7.56. The van der Waals surface area contributed by atoms with Crippen molar-refractivity contribution < 1.29 is 9.53 Å². The standard InChI is InChI=1S/C36H32ClN3O3S/c1-6-43-35(42)31-32(25-10-8-7-9-11-25)38-36-40(33(31)26-12-14-28(37)15-13-26)34(41)30(44-36)20-27-19-23(4)39(24(27)5)29-17-21(2)16-22(3)18-29/h7-20,33H,6H2,1-5H3/b30-20+/t33-/m1/s1. The number of thiazole rings is 1. The highest BCUT2D eigenvalue weighted by molar-refractivity contribution is 7.07. The average Bonchev–Trinajstić information content (AvgIpc) is 3.46. The molecule has 0 saturated carbocycles. The number of rotatable bonds is 6. The van der Waals surface area contributed by atoms with Gasteiger partial charge in [-0.1, -0.05) is 71.5 Å². The fourth-order valence-corrected chi connectivity index (χ4v) is 7.07. The molecule has 1 aliphatic rings. The van der Waals surface area contributed by atoms with Crippen LogP contribution in [0.5, 0.6) is 0 Å². The Balaban J connectivity index is 1.60. The molecule has 2 aromatic heterocycles. The third kappa shape index (κ3) is 5.38. The van der Waals surface area contributed by atoms with Crippen LogP contribution in [0.1, 0.15) is 52.2 Å². The van der Waals surface area contributed by atoms with Gasteiger partial charge in [-0.05, 0) is 93.3 Å². The maximum atomic E-state index is 14.3. The van der Waals surface area contributed by atoms with Crippen LogP contribution in [0, 0.1) is 27.7 Å². The van der Waals surface area contributed by atoms with Crippen molar-refractivity contribution in [3.05, 3.63) is 148 Å². The summed E-state index contributed by atoms with van der Waals surface area (Å²) in [5, 5.41) is 0.560. The molecule has 0 bridgehead atoms. The van der Waals surface area contributed by atoms with Crippen molar-refractivity contribution in [3.63, 3.8) is 0 Å². The Morgan fingerprint density at radius 2 is 1.66 bits per heavy atom. The van der Waals surface area contributed by atoms with Crippen LogP contribution in [-0.2, 0) is 9.53 Å². The van der Waals surface area contributed by atoms with Gasteiger partial charge in [-0.3, -0.25) is 9.36 Å². The van der Waals surface area contributed by atoms with Gasteiger partial charge >= 0.3 is 5.97 Å². The smallest absolute Gasteiger partial charge is 0.338 e. The van der Waals surface area contributed by atoms with Crippen LogP contribution in [0.25, 0.3) is 17.5 Å². The second-order valence-electron chi connectivity index (χ2n) is 11.0. The molecule has 6 rings (SSSR count).